The van der Waals surface area contributed by atoms with Crippen LogP contribution in [0.5, 0.6) is 0 Å². The molecule has 0 aliphatic carbocycles. The van der Waals surface area contributed by atoms with Crippen molar-refractivity contribution in [2.24, 2.45) is 0 Å². The molecule has 0 aromatic carbocycles. The minimum Gasteiger partial charge on any atom is -0.756 e. The average Bonchev–Trinajstić information content (AvgIpc) is 1.41. The first-order valence-electron chi connectivity index (χ1n) is 2.30. The van der Waals surface area contributed by atoms with E-state index in [1.807, 2.05) is 0 Å². The van der Waals surface area contributed by atoms with Crippen LogP contribution in [0.2, 0.25) is 0 Å². The monoisotopic (exact) mass is 378 g/mol. The smallest absolute Gasteiger partial charge is 0.756 e. The van der Waals surface area contributed by atoms with Gasteiger partial charge < -0.3 is 44.0 Å². The summed E-state index contributed by atoms with van der Waals surface area (Å²) in [6.45, 7) is 0. The summed E-state index contributed by atoms with van der Waals surface area (Å²) < 4.78 is 26.3. The van der Waals surface area contributed by atoms with E-state index in [9.17, 15) is 0 Å². The second-order valence-electron chi connectivity index (χ2n) is 1.47. The molecule has 0 atom stereocenters. The predicted octanol–water partition coefficient (Wildman–Crippen LogP) is -7.68. The van der Waals surface area contributed by atoms with E-state index in [0.717, 1.165) is 0 Å². The zero-order chi connectivity index (χ0) is 13.5. The van der Waals surface area contributed by atoms with E-state index in [0.29, 0.717) is 0 Å². The van der Waals surface area contributed by atoms with Gasteiger partial charge in [0.2, 0.25) is 0 Å². The van der Waals surface area contributed by atoms with Crippen LogP contribution in [-0.4, -0.2) is 29.4 Å². The van der Waals surface area contributed by atoms with Crippen molar-refractivity contribution in [3.8, 4) is 0 Å². The Morgan fingerprint density at radius 1 is 0.588 bits per heavy atom. The summed E-state index contributed by atoms with van der Waals surface area (Å²) in [5.41, 5.74) is 0. The van der Waals surface area contributed by atoms with Gasteiger partial charge in [0.15, 0.2) is 0 Å². The molecule has 0 aromatic heterocycles. The summed E-state index contributed by atoms with van der Waals surface area (Å²) in [7, 11) is -14.7. The SMILES string of the molecule is O=P([O-])(O)O.O=P([O-])(O)O.O=P([O-])(O)O.[Na+].[Zn+2]. The van der Waals surface area contributed by atoms with Crippen LogP contribution in [0.3, 0.4) is 0 Å². The van der Waals surface area contributed by atoms with Gasteiger partial charge in [0.1, 0.15) is 0 Å². The van der Waals surface area contributed by atoms with Crippen molar-refractivity contribution < 1.29 is 107 Å². The molecule has 0 saturated carbocycles. The van der Waals surface area contributed by atoms with Crippen molar-refractivity contribution in [3.05, 3.63) is 0 Å². The number of hydrogen-bond donors (Lipinski definition) is 6. The van der Waals surface area contributed by atoms with E-state index < -0.39 is 23.5 Å². The summed E-state index contributed by atoms with van der Waals surface area (Å²) in [4.78, 5) is 68.8. The van der Waals surface area contributed by atoms with Gasteiger partial charge in [0, 0.05) is 0 Å². The molecule has 96 valence electrons. The molecule has 0 unspecified atom stereocenters. The van der Waals surface area contributed by atoms with Gasteiger partial charge in [-0.05, 0) is 0 Å². The van der Waals surface area contributed by atoms with Crippen molar-refractivity contribution >= 4 is 23.5 Å². The van der Waals surface area contributed by atoms with Crippen molar-refractivity contribution in [2.75, 3.05) is 0 Å². The topological polar surface area (TPSA) is 242 Å². The van der Waals surface area contributed by atoms with Gasteiger partial charge in [-0.25, -0.2) is 0 Å². The minimum absolute atomic E-state index is 0. The molecule has 0 aliphatic heterocycles. The molecule has 12 nitrogen and oxygen atoms in total. The second kappa shape index (κ2) is 13.0. The van der Waals surface area contributed by atoms with E-state index in [4.69, 9.17) is 57.7 Å². The van der Waals surface area contributed by atoms with Gasteiger partial charge in [0.25, 0.3) is 23.5 Å². The Kier molecular flexibility index (Phi) is 23.9. The van der Waals surface area contributed by atoms with E-state index in [2.05, 4.69) is 0 Å². The average molecular weight is 379 g/mol. The summed E-state index contributed by atoms with van der Waals surface area (Å²) in [6, 6.07) is 0. The molecule has 0 fully saturated rings. The quantitative estimate of drug-likeness (QED) is 0.170. The van der Waals surface area contributed by atoms with E-state index >= 15 is 0 Å². The van der Waals surface area contributed by atoms with Crippen LogP contribution in [0.4, 0.5) is 0 Å². The fourth-order valence-corrected chi connectivity index (χ4v) is 0. The molecule has 17 heteroatoms. The van der Waals surface area contributed by atoms with Gasteiger partial charge in [-0.3, -0.25) is 13.7 Å². The summed E-state index contributed by atoms with van der Waals surface area (Å²) >= 11 is 0. The van der Waals surface area contributed by atoms with E-state index in [1.165, 1.54) is 0 Å². The third kappa shape index (κ3) is 1200. The number of phosphoric acid groups is 3. The zero-order valence-corrected chi connectivity index (χ0v) is 15.8. The molecular weight excluding hydrogens is 373 g/mol. The maximum Gasteiger partial charge on any atom is 2.00 e. The van der Waals surface area contributed by atoms with Crippen LogP contribution in [0.1, 0.15) is 0 Å². The van der Waals surface area contributed by atoms with Crippen molar-refractivity contribution in [1.82, 2.24) is 0 Å². The second-order valence-corrected chi connectivity index (χ2v) is 4.42. The molecule has 0 bridgehead atoms. The van der Waals surface area contributed by atoms with E-state index in [-0.39, 0.29) is 49.0 Å². The molecular formula is H6NaO12P3Zn. The molecule has 0 spiro atoms. The third-order valence-corrected chi connectivity index (χ3v) is 0. The minimum atomic E-state index is -4.89. The molecule has 0 saturated heterocycles. The summed E-state index contributed by atoms with van der Waals surface area (Å²) in [5.74, 6) is 0. The predicted molar refractivity (Wildman–Crippen MR) is 36.1 cm³/mol. The fraction of sp³-hybridized carbons (Fsp3) is 0. The van der Waals surface area contributed by atoms with Crippen LogP contribution in [0.25, 0.3) is 0 Å². The molecule has 0 aliphatic rings. The Bertz CT molecular complexity index is 208. The van der Waals surface area contributed by atoms with Gasteiger partial charge in [-0.2, -0.15) is 0 Å². The summed E-state index contributed by atoms with van der Waals surface area (Å²) in [6.07, 6.45) is 0. The maximum atomic E-state index is 8.77. The van der Waals surface area contributed by atoms with Crippen LogP contribution in [-0.2, 0) is 33.2 Å². The first-order valence-corrected chi connectivity index (χ1v) is 6.89. The van der Waals surface area contributed by atoms with Crippen LogP contribution in [0, 0.1) is 0 Å². The van der Waals surface area contributed by atoms with E-state index in [1.54, 1.807) is 0 Å². The van der Waals surface area contributed by atoms with Gasteiger partial charge in [-0.1, -0.05) is 0 Å². The molecule has 6 N–H and O–H groups in total. The first kappa shape index (κ1) is 31.4. The Labute approximate surface area is 129 Å². The molecule has 0 radical (unpaired) electrons. The normalized spacial score (nSPS) is 10.4. The molecule has 0 rings (SSSR count). The van der Waals surface area contributed by atoms with Gasteiger partial charge in [-0.15, -0.1) is 0 Å². The standard InChI is InChI=1S/Na.3H3O4P.Zn/c;3*1-5(2,3)4;/h;3*(H3,1,2,3,4);/q+1;;;;+2/p-3. The Morgan fingerprint density at radius 2 is 0.588 bits per heavy atom. The van der Waals surface area contributed by atoms with Crippen LogP contribution < -0.4 is 44.2 Å². The number of hydrogen-bond acceptors (Lipinski definition) is 6. The van der Waals surface area contributed by atoms with Gasteiger partial charge in [0.05, 0.1) is 0 Å². The fourth-order valence-electron chi connectivity index (χ4n) is 0. The Hall–Kier alpha value is 1.95. The van der Waals surface area contributed by atoms with Gasteiger partial charge >= 0.3 is 49.0 Å². The maximum absolute atomic E-state index is 8.77. The van der Waals surface area contributed by atoms with Crippen molar-refractivity contribution in [1.29, 1.82) is 0 Å². The summed E-state index contributed by atoms with van der Waals surface area (Å²) in [5, 5.41) is 0. The van der Waals surface area contributed by atoms with Crippen molar-refractivity contribution in [2.45, 2.75) is 0 Å². The van der Waals surface area contributed by atoms with Crippen LogP contribution in [0.15, 0.2) is 0 Å². The van der Waals surface area contributed by atoms with Crippen LogP contribution >= 0.6 is 23.5 Å². The third-order valence-electron chi connectivity index (χ3n) is 0. The molecule has 0 aromatic rings. The molecule has 0 amide bonds. The Morgan fingerprint density at radius 3 is 0.588 bits per heavy atom. The Balaban J connectivity index is -0.0000000400. The first-order chi connectivity index (χ1) is 6.00. The largest absolute Gasteiger partial charge is 2.00 e. The zero-order valence-electron chi connectivity index (χ0n) is 8.18. The molecule has 17 heavy (non-hydrogen) atoms. The van der Waals surface area contributed by atoms with Crippen molar-refractivity contribution in [3.63, 3.8) is 0 Å². The number of rotatable bonds is 0. The molecule has 0 heterocycles.